The van der Waals surface area contributed by atoms with E-state index in [-0.39, 0.29) is 11.2 Å². The second kappa shape index (κ2) is 7.51. The largest absolute Gasteiger partial charge is 0.493 e. The van der Waals surface area contributed by atoms with Crippen LogP contribution in [0.1, 0.15) is 38.3 Å². The van der Waals surface area contributed by atoms with Crippen molar-refractivity contribution in [2.45, 2.75) is 32.7 Å². The van der Waals surface area contributed by atoms with Crippen LogP contribution in [0.3, 0.4) is 0 Å². The van der Waals surface area contributed by atoms with Gasteiger partial charge in [0.1, 0.15) is 6.04 Å². The molecule has 0 saturated carbocycles. The maximum Gasteiger partial charge on any atom is 0.226 e. The van der Waals surface area contributed by atoms with Crippen molar-refractivity contribution in [1.29, 1.82) is 0 Å². The molecule has 1 aliphatic heterocycles. The third kappa shape index (κ3) is 3.25. The number of nitrogens with one attached hydrogen (secondary N) is 1. The minimum atomic E-state index is -0.458. The van der Waals surface area contributed by atoms with Gasteiger partial charge in [-0.3, -0.25) is 4.79 Å². The molecule has 0 spiro atoms. The standard InChI is InChI=1S/C25H26N4O3/c1-25(2)13-17-20(18(30)14-25)21(16-11-8-12-19(31-3)22(16)32-4)29-24(26-17)27-23(28-29)15-9-6-5-7-10-15/h5-12,21H,13-14H2,1-4H3,(H,26,27,28). The molecule has 1 aliphatic carbocycles. The number of Topliss-reactive ketones (excluding diaryl/α,β-unsaturated/α-hetero) is 1. The van der Waals surface area contributed by atoms with Gasteiger partial charge in [-0.2, -0.15) is 4.98 Å². The van der Waals surface area contributed by atoms with E-state index in [9.17, 15) is 4.79 Å². The minimum Gasteiger partial charge on any atom is -0.493 e. The van der Waals surface area contributed by atoms with Crippen LogP contribution in [-0.4, -0.2) is 34.8 Å². The Bertz CT molecular complexity index is 1230. The summed E-state index contributed by atoms with van der Waals surface area (Å²) in [6.45, 7) is 4.23. The van der Waals surface area contributed by atoms with Crippen LogP contribution in [0, 0.1) is 5.41 Å². The molecule has 1 N–H and O–H groups in total. The quantitative estimate of drug-likeness (QED) is 0.651. The number of ketones is 1. The molecule has 2 aromatic carbocycles. The molecular formula is C25H26N4O3. The Labute approximate surface area is 187 Å². The molecule has 2 heterocycles. The summed E-state index contributed by atoms with van der Waals surface area (Å²) in [6.07, 6.45) is 1.23. The van der Waals surface area contributed by atoms with Crippen molar-refractivity contribution < 1.29 is 14.3 Å². The Morgan fingerprint density at radius 1 is 1.03 bits per heavy atom. The first-order chi connectivity index (χ1) is 15.4. The van der Waals surface area contributed by atoms with Gasteiger partial charge in [0.05, 0.1) is 14.2 Å². The van der Waals surface area contributed by atoms with Crippen LogP contribution in [-0.2, 0) is 4.79 Å². The number of benzene rings is 2. The molecule has 7 heteroatoms. The number of carbonyl (C=O) groups is 1. The predicted octanol–water partition coefficient (Wildman–Crippen LogP) is 4.62. The van der Waals surface area contributed by atoms with Gasteiger partial charge < -0.3 is 14.8 Å². The molecule has 7 nitrogen and oxygen atoms in total. The van der Waals surface area contributed by atoms with E-state index in [1.165, 1.54) is 0 Å². The average Bonchev–Trinajstić information content (AvgIpc) is 3.20. The molecule has 0 saturated heterocycles. The highest BCUT2D eigenvalue weighted by Gasteiger charge is 2.43. The number of aromatic nitrogens is 3. The van der Waals surface area contributed by atoms with Crippen LogP contribution in [0.25, 0.3) is 11.4 Å². The van der Waals surface area contributed by atoms with E-state index in [1.807, 2.05) is 48.5 Å². The van der Waals surface area contributed by atoms with E-state index in [4.69, 9.17) is 19.6 Å². The van der Waals surface area contributed by atoms with Crippen molar-refractivity contribution >= 4 is 11.7 Å². The highest BCUT2D eigenvalue weighted by atomic mass is 16.5. The van der Waals surface area contributed by atoms with Gasteiger partial charge in [-0.1, -0.05) is 56.3 Å². The van der Waals surface area contributed by atoms with Crippen molar-refractivity contribution in [2.75, 3.05) is 19.5 Å². The molecule has 0 fully saturated rings. The van der Waals surface area contributed by atoms with Crippen LogP contribution in [0.5, 0.6) is 11.5 Å². The van der Waals surface area contributed by atoms with Crippen LogP contribution >= 0.6 is 0 Å². The first-order valence-corrected chi connectivity index (χ1v) is 10.7. The van der Waals surface area contributed by atoms with Crippen LogP contribution in [0.2, 0.25) is 0 Å². The second-order valence-electron chi connectivity index (χ2n) is 9.01. The summed E-state index contributed by atoms with van der Waals surface area (Å²) in [6, 6.07) is 15.1. The Kier molecular flexibility index (Phi) is 4.77. The van der Waals surface area contributed by atoms with Gasteiger partial charge in [-0.05, 0) is 17.9 Å². The minimum absolute atomic E-state index is 0.112. The highest BCUT2D eigenvalue weighted by Crippen LogP contribution is 2.48. The van der Waals surface area contributed by atoms with Crippen molar-refractivity contribution in [2.24, 2.45) is 5.41 Å². The van der Waals surface area contributed by atoms with E-state index in [0.29, 0.717) is 35.3 Å². The Balaban J connectivity index is 1.74. The fourth-order valence-corrected chi connectivity index (χ4v) is 4.73. The van der Waals surface area contributed by atoms with Gasteiger partial charge in [-0.25, -0.2) is 4.68 Å². The van der Waals surface area contributed by atoms with E-state index < -0.39 is 6.04 Å². The number of hydrogen-bond acceptors (Lipinski definition) is 6. The molecule has 0 amide bonds. The molecule has 5 rings (SSSR count). The zero-order chi connectivity index (χ0) is 22.5. The lowest BCUT2D eigenvalue weighted by molar-refractivity contribution is -0.118. The van der Waals surface area contributed by atoms with E-state index in [1.54, 1.807) is 18.9 Å². The average molecular weight is 431 g/mol. The predicted molar refractivity (Wildman–Crippen MR) is 122 cm³/mol. The number of anilines is 1. The SMILES string of the molecule is COc1cccc(C2C3=C(CC(C)(C)CC3=O)Nc3nc(-c4ccccc4)nn32)c1OC. The number of rotatable bonds is 4. The molecular weight excluding hydrogens is 404 g/mol. The number of nitrogens with zero attached hydrogens (tertiary/aromatic N) is 3. The molecule has 1 aromatic heterocycles. The van der Waals surface area contributed by atoms with Crippen molar-refractivity contribution in [3.8, 4) is 22.9 Å². The topological polar surface area (TPSA) is 78.3 Å². The third-order valence-electron chi connectivity index (χ3n) is 6.09. The molecule has 0 radical (unpaired) electrons. The van der Waals surface area contributed by atoms with Crippen LogP contribution in [0.4, 0.5) is 5.95 Å². The van der Waals surface area contributed by atoms with Gasteiger partial charge in [-0.15, -0.1) is 5.10 Å². The number of carbonyl (C=O) groups excluding carboxylic acids is 1. The normalized spacial score (nSPS) is 19.1. The molecule has 0 bridgehead atoms. The molecule has 32 heavy (non-hydrogen) atoms. The number of methoxy groups -OCH3 is 2. The molecule has 2 aliphatic rings. The maximum absolute atomic E-state index is 13.4. The fourth-order valence-electron chi connectivity index (χ4n) is 4.73. The first-order valence-electron chi connectivity index (χ1n) is 10.7. The van der Waals surface area contributed by atoms with Gasteiger partial charge >= 0.3 is 0 Å². The van der Waals surface area contributed by atoms with Gasteiger partial charge in [0.15, 0.2) is 23.1 Å². The summed E-state index contributed by atoms with van der Waals surface area (Å²) >= 11 is 0. The molecule has 1 atom stereocenters. The molecule has 3 aromatic rings. The van der Waals surface area contributed by atoms with Crippen molar-refractivity contribution in [3.05, 3.63) is 65.4 Å². The lowest BCUT2D eigenvalue weighted by Gasteiger charge is -2.38. The molecule has 1 unspecified atom stereocenters. The Morgan fingerprint density at radius 2 is 1.81 bits per heavy atom. The fraction of sp³-hybridized carbons (Fsp3) is 0.320. The number of hydrogen-bond donors (Lipinski definition) is 1. The van der Waals surface area contributed by atoms with Gasteiger partial charge in [0, 0.05) is 28.8 Å². The number of ether oxygens (including phenoxy) is 2. The monoisotopic (exact) mass is 430 g/mol. The third-order valence-corrected chi connectivity index (χ3v) is 6.09. The number of para-hydroxylation sites is 1. The number of allylic oxidation sites excluding steroid dienone is 2. The van der Waals surface area contributed by atoms with Gasteiger partial charge in [0.25, 0.3) is 0 Å². The summed E-state index contributed by atoms with van der Waals surface area (Å²) in [5.41, 5.74) is 3.22. The highest BCUT2D eigenvalue weighted by molar-refractivity contribution is 6.00. The number of fused-ring (bicyclic) bond motifs is 1. The Hall–Kier alpha value is -3.61. The van der Waals surface area contributed by atoms with Gasteiger partial charge in [0.2, 0.25) is 5.95 Å². The molecule has 164 valence electrons. The second-order valence-corrected chi connectivity index (χ2v) is 9.01. The lowest BCUT2D eigenvalue weighted by atomic mass is 9.73. The lowest BCUT2D eigenvalue weighted by Crippen LogP contribution is -2.36. The van der Waals surface area contributed by atoms with Crippen molar-refractivity contribution in [1.82, 2.24) is 14.8 Å². The van der Waals surface area contributed by atoms with E-state index in [2.05, 4.69) is 19.2 Å². The summed E-state index contributed by atoms with van der Waals surface area (Å²) in [4.78, 5) is 18.2. The zero-order valence-electron chi connectivity index (χ0n) is 18.7. The maximum atomic E-state index is 13.4. The van der Waals surface area contributed by atoms with Crippen molar-refractivity contribution in [3.63, 3.8) is 0 Å². The first kappa shape index (κ1) is 20.3. The summed E-state index contributed by atoms with van der Waals surface area (Å²) in [5, 5.41) is 8.25. The van der Waals surface area contributed by atoms with E-state index in [0.717, 1.165) is 23.2 Å². The zero-order valence-corrected chi connectivity index (χ0v) is 18.7. The summed E-state index contributed by atoms with van der Waals surface area (Å²) in [7, 11) is 3.22. The van der Waals surface area contributed by atoms with Crippen LogP contribution < -0.4 is 14.8 Å². The smallest absolute Gasteiger partial charge is 0.226 e. The summed E-state index contributed by atoms with van der Waals surface area (Å²) in [5.74, 6) is 2.53. The Morgan fingerprint density at radius 3 is 2.53 bits per heavy atom. The summed E-state index contributed by atoms with van der Waals surface area (Å²) < 4.78 is 13.1. The van der Waals surface area contributed by atoms with Crippen LogP contribution in [0.15, 0.2) is 59.8 Å². The van der Waals surface area contributed by atoms with E-state index >= 15 is 0 Å².